The highest BCUT2D eigenvalue weighted by molar-refractivity contribution is 9.10. The zero-order valence-electron chi connectivity index (χ0n) is 12.6. The molecule has 0 radical (unpaired) electrons. The van der Waals surface area contributed by atoms with Crippen LogP contribution in [-0.4, -0.2) is 15.2 Å². The van der Waals surface area contributed by atoms with Gasteiger partial charge in [-0.15, -0.1) is 0 Å². The number of ketones is 1. The summed E-state index contributed by atoms with van der Waals surface area (Å²) in [6, 6.07) is 11.7. The number of benzene rings is 2. The Morgan fingerprint density at radius 2 is 1.83 bits per heavy atom. The SMILES string of the molecule is Cc1cc2nc3sc(C(=O)c4ccc(Br)cc4)cn3c2cc1C. The van der Waals surface area contributed by atoms with E-state index in [1.807, 2.05) is 34.9 Å². The highest BCUT2D eigenvalue weighted by Gasteiger charge is 2.16. The van der Waals surface area contributed by atoms with E-state index in [0.717, 1.165) is 20.5 Å². The predicted octanol–water partition coefficient (Wildman–Crippen LogP) is 5.16. The summed E-state index contributed by atoms with van der Waals surface area (Å²) < 4.78 is 2.98. The number of hydrogen-bond donors (Lipinski definition) is 0. The Hall–Kier alpha value is -1.98. The van der Waals surface area contributed by atoms with Crippen molar-refractivity contribution in [2.45, 2.75) is 13.8 Å². The fraction of sp³-hybridized carbons (Fsp3) is 0.111. The number of nitrogens with zero attached hydrogens (tertiary/aromatic N) is 2. The molecule has 23 heavy (non-hydrogen) atoms. The molecule has 0 aliphatic carbocycles. The second-order valence-electron chi connectivity index (χ2n) is 5.62. The molecule has 0 fully saturated rings. The molecule has 0 amide bonds. The smallest absolute Gasteiger partial charge is 0.204 e. The minimum Gasteiger partial charge on any atom is -0.289 e. The fourth-order valence-electron chi connectivity index (χ4n) is 2.62. The lowest BCUT2D eigenvalue weighted by atomic mass is 10.1. The van der Waals surface area contributed by atoms with Crippen molar-refractivity contribution in [2.24, 2.45) is 0 Å². The zero-order valence-corrected chi connectivity index (χ0v) is 15.0. The predicted molar refractivity (Wildman–Crippen MR) is 97.6 cm³/mol. The van der Waals surface area contributed by atoms with Crippen LogP contribution in [0.25, 0.3) is 16.0 Å². The first-order chi connectivity index (χ1) is 11.0. The third-order valence-corrected chi connectivity index (χ3v) is 5.56. The average Bonchev–Trinajstić information content (AvgIpc) is 3.06. The number of fused-ring (bicyclic) bond motifs is 3. The van der Waals surface area contributed by atoms with E-state index in [2.05, 4.69) is 46.9 Å². The van der Waals surface area contributed by atoms with Crippen LogP contribution >= 0.6 is 27.3 Å². The van der Waals surface area contributed by atoms with Gasteiger partial charge in [-0.2, -0.15) is 0 Å². The van der Waals surface area contributed by atoms with Gasteiger partial charge in [-0.25, -0.2) is 4.98 Å². The van der Waals surface area contributed by atoms with Crippen molar-refractivity contribution in [3.63, 3.8) is 0 Å². The van der Waals surface area contributed by atoms with E-state index in [1.165, 1.54) is 22.5 Å². The molecule has 0 N–H and O–H groups in total. The number of thiazole rings is 1. The van der Waals surface area contributed by atoms with Crippen LogP contribution in [0.5, 0.6) is 0 Å². The van der Waals surface area contributed by atoms with Gasteiger partial charge in [0.25, 0.3) is 0 Å². The molecule has 0 saturated carbocycles. The molecule has 4 rings (SSSR count). The number of rotatable bonds is 2. The van der Waals surface area contributed by atoms with Crippen LogP contribution in [0.2, 0.25) is 0 Å². The number of aryl methyl sites for hydroxylation is 2. The van der Waals surface area contributed by atoms with E-state index >= 15 is 0 Å². The maximum absolute atomic E-state index is 12.6. The molecule has 0 aliphatic heterocycles. The number of aromatic nitrogens is 2. The molecular weight excluding hydrogens is 372 g/mol. The lowest BCUT2D eigenvalue weighted by molar-refractivity contribution is 0.104. The van der Waals surface area contributed by atoms with Gasteiger partial charge in [0.2, 0.25) is 5.78 Å². The Bertz CT molecular complexity index is 1060. The maximum atomic E-state index is 12.6. The second-order valence-corrected chi connectivity index (χ2v) is 7.55. The number of carbonyl (C=O) groups excluding carboxylic acids is 1. The van der Waals surface area contributed by atoms with Gasteiger partial charge >= 0.3 is 0 Å². The number of carbonyl (C=O) groups is 1. The summed E-state index contributed by atoms with van der Waals surface area (Å²) in [6.45, 7) is 4.18. The van der Waals surface area contributed by atoms with Crippen molar-refractivity contribution in [1.82, 2.24) is 9.38 Å². The van der Waals surface area contributed by atoms with Gasteiger partial charge in [0.15, 0.2) is 4.96 Å². The van der Waals surface area contributed by atoms with Crippen LogP contribution in [-0.2, 0) is 0 Å². The Kier molecular flexibility index (Phi) is 3.36. The van der Waals surface area contributed by atoms with Crippen LogP contribution in [0, 0.1) is 13.8 Å². The first-order valence-electron chi connectivity index (χ1n) is 7.22. The maximum Gasteiger partial charge on any atom is 0.204 e. The molecule has 5 heteroatoms. The Morgan fingerprint density at radius 1 is 1.13 bits per heavy atom. The summed E-state index contributed by atoms with van der Waals surface area (Å²) >= 11 is 4.82. The standard InChI is InChI=1S/C18H13BrN2OS/c1-10-7-14-15(8-11(10)2)21-9-16(23-18(21)20-14)17(22)12-3-5-13(19)6-4-12/h3-9H,1-2H3. The zero-order chi connectivity index (χ0) is 16.1. The molecule has 2 aromatic heterocycles. The van der Waals surface area contributed by atoms with E-state index in [-0.39, 0.29) is 5.78 Å². The lowest BCUT2D eigenvalue weighted by Gasteiger charge is -2.00. The van der Waals surface area contributed by atoms with Gasteiger partial charge in [0.1, 0.15) is 0 Å². The van der Waals surface area contributed by atoms with E-state index in [9.17, 15) is 4.79 Å². The molecule has 0 unspecified atom stereocenters. The number of imidazole rings is 1. The van der Waals surface area contributed by atoms with Crippen molar-refractivity contribution < 1.29 is 4.79 Å². The van der Waals surface area contributed by atoms with Crippen molar-refractivity contribution in [2.75, 3.05) is 0 Å². The van der Waals surface area contributed by atoms with Crippen LogP contribution < -0.4 is 0 Å². The quantitative estimate of drug-likeness (QED) is 0.447. The second kappa shape index (κ2) is 5.28. The molecule has 0 bridgehead atoms. The first kappa shape index (κ1) is 14.6. The molecule has 0 aliphatic rings. The molecular formula is C18H13BrN2OS. The van der Waals surface area contributed by atoms with Crippen molar-refractivity contribution in [1.29, 1.82) is 0 Å². The highest BCUT2D eigenvalue weighted by atomic mass is 79.9. The van der Waals surface area contributed by atoms with Gasteiger partial charge in [-0.05, 0) is 61.4 Å². The summed E-state index contributed by atoms with van der Waals surface area (Å²) in [7, 11) is 0. The lowest BCUT2D eigenvalue weighted by Crippen LogP contribution is -1.98. The Balaban J connectivity index is 1.84. The largest absolute Gasteiger partial charge is 0.289 e. The molecule has 114 valence electrons. The summed E-state index contributed by atoms with van der Waals surface area (Å²) in [6.07, 6.45) is 1.90. The van der Waals surface area contributed by atoms with Crippen LogP contribution in [0.3, 0.4) is 0 Å². The fourth-order valence-corrected chi connectivity index (χ4v) is 3.84. The highest BCUT2D eigenvalue weighted by Crippen LogP contribution is 2.27. The topological polar surface area (TPSA) is 34.4 Å². The van der Waals surface area contributed by atoms with Gasteiger partial charge < -0.3 is 0 Å². The Labute approximate surface area is 145 Å². The van der Waals surface area contributed by atoms with Gasteiger partial charge in [-0.1, -0.05) is 27.3 Å². The molecule has 2 heterocycles. The van der Waals surface area contributed by atoms with Gasteiger partial charge in [0, 0.05) is 16.2 Å². The number of halogens is 1. The van der Waals surface area contributed by atoms with Crippen LogP contribution in [0.4, 0.5) is 0 Å². The summed E-state index contributed by atoms with van der Waals surface area (Å²) in [5.74, 6) is 0.0324. The summed E-state index contributed by atoms with van der Waals surface area (Å²) in [5.41, 5.74) is 5.17. The monoisotopic (exact) mass is 384 g/mol. The van der Waals surface area contributed by atoms with Crippen LogP contribution in [0.15, 0.2) is 47.1 Å². The van der Waals surface area contributed by atoms with Gasteiger partial charge in [-0.3, -0.25) is 9.20 Å². The normalized spacial score (nSPS) is 11.4. The molecule has 0 atom stereocenters. The van der Waals surface area contributed by atoms with Crippen molar-refractivity contribution in [3.8, 4) is 0 Å². The third kappa shape index (κ3) is 2.40. The van der Waals surface area contributed by atoms with Gasteiger partial charge in [0.05, 0.1) is 15.9 Å². The Morgan fingerprint density at radius 3 is 2.57 bits per heavy atom. The molecule has 0 saturated heterocycles. The molecule has 4 aromatic rings. The van der Waals surface area contributed by atoms with Crippen molar-refractivity contribution >= 4 is 49.0 Å². The first-order valence-corrected chi connectivity index (χ1v) is 8.83. The van der Waals surface area contributed by atoms with E-state index in [4.69, 9.17) is 0 Å². The molecule has 2 aromatic carbocycles. The minimum absolute atomic E-state index is 0.0324. The molecule has 3 nitrogen and oxygen atoms in total. The minimum atomic E-state index is 0.0324. The van der Waals surface area contributed by atoms with Crippen LogP contribution in [0.1, 0.15) is 26.4 Å². The van der Waals surface area contributed by atoms with E-state index in [1.54, 1.807) is 0 Å². The average molecular weight is 385 g/mol. The summed E-state index contributed by atoms with van der Waals surface area (Å²) in [4.78, 5) is 18.8. The molecule has 0 spiro atoms. The number of hydrogen-bond acceptors (Lipinski definition) is 3. The third-order valence-electron chi connectivity index (χ3n) is 4.05. The van der Waals surface area contributed by atoms with Crippen molar-refractivity contribution in [3.05, 3.63) is 68.6 Å². The van der Waals surface area contributed by atoms with E-state index in [0.29, 0.717) is 10.4 Å². The summed E-state index contributed by atoms with van der Waals surface area (Å²) in [5, 5.41) is 0. The van der Waals surface area contributed by atoms with E-state index < -0.39 is 0 Å².